The number of nitrogens with zero attached hydrogens (tertiary/aromatic N) is 2. The molecular formula is C32H36N2O4. The number of amides is 1. The molecule has 2 fully saturated rings. The Kier molecular flexibility index (Phi) is 5.68. The molecule has 1 saturated carbocycles. The van der Waals surface area contributed by atoms with E-state index in [0.717, 1.165) is 28.8 Å². The summed E-state index contributed by atoms with van der Waals surface area (Å²) < 4.78 is 6.63. The monoisotopic (exact) mass is 512 g/mol. The van der Waals surface area contributed by atoms with Crippen LogP contribution in [0.4, 0.5) is 0 Å². The van der Waals surface area contributed by atoms with Crippen molar-refractivity contribution in [3.63, 3.8) is 0 Å². The molecule has 198 valence electrons. The molecule has 2 bridgehead atoms. The lowest BCUT2D eigenvalue weighted by molar-refractivity contribution is -0.210. The molecule has 0 aromatic heterocycles. The van der Waals surface area contributed by atoms with Gasteiger partial charge < -0.3 is 19.8 Å². The summed E-state index contributed by atoms with van der Waals surface area (Å²) in [6, 6.07) is 9.23. The molecule has 2 aromatic rings. The largest absolute Gasteiger partial charge is 0.504 e. The van der Waals surface area contributed by atoms with Crippen molar-refractivity contribution in [1.82, 2.24) is 9.80 Å². The first-order chi connectivity index (χ1) is 18.1. The molecule has 2 aliphatic carbocycles. The first-order valence-electron chi connectivity index (χ1n) is 13.6. The zero-order valence-corrected chi connectivity index (χ0v) is 22.6. The van der Waals surface area contributed by atoms with Gasteiger partial charge in [0.25, 0.3) is 5.91 Å². The van der Waals surface area contributed by atoms with Crippen molar-refractivity contribution in [2.75, 3.05) is 20.1 Å². The zero-order valence-electron chi connectivity index (χ0n) is 22.6. The molecule has 38 heavy (non-hydrogen) atoms. The molecule has 6 rings (SSSR count). The minimum atomic E-state index is -1.05. The van der Waals surface area contributed by atoms with Crippen molar-refractivity contribution in [3.8, 4) is 23.3 Å². The lowest BCUT2D eigenvalue weighted by atomic mass is 9.46. The number of aromatic hydroxyl groups is 1. The number of ether oxygens (including phenoxy) is 1. The maximum atomic E-state index is 13.5. The Morgan fingerprint density at radius 2 is 2.08 bits per heavy atom. The topological polar surface area (TPSA) is 73.2 Å². The summed E-state index contributed by atoms with van der Waals surface area (Å²) in [5.41, 5.74) is 3.44. The van der Waals surface area contributed by atoms with Crippen LogP contribution < -0.4 is 4.74 Å². The van der Waals surface area contributed by atoms with Crippen LogP contribution in [-0.2, 0) is 16.6 Å². The van der Waals surface area contributed by atoms with Gasteiger partial charge in [-0.25, -0.2) is 0 Å². The summed E-state index contributed by atoms with van der Waals surface area (Å²) in [5, 5.41) is 23.5. The van der Waals surface area contributed by atoms with Gasteiger partial charge in [-0.1, -0.05) is 31.1 Å². The lowest BCUT2D eigenvalue weighted by Crippen LogP contribution is -2.79. The molecule has 0 unspecified atom stereocenters. The molecule has 1 amide bonds. The summed E-state index contributed by atoms with van der Waals surface area (Å²) in [7, 11) is 1.79. The van der Waals surface area contributed by atoms with E-state index < -0.39 is 17.1 Å². The number of carbonyl (C=O) groups is 1. The highest BCUT2D eigenvalue weighted by Gasteiger charge is 2.74. The van der Waals surface area contributed by atoms with Crippen LogP contribution in [0.25, 0.3) is 0 Å². The van der Waals surface area contributed by atoms with Crippen LogP contribution in [0.2, 0.25) is 0 Å². The van der Waals surface area contributed by atoms with Crippen LogP contribution in [0.15, 0.2) is 43.0 Å². The first kappa shape index (κ1) is 25.0. The van der Waals surface area contributed by atoms with Crippen molar-refractivity contribution in [2.24, 2.45) is 5.92 Å². The predicted molar refractivity (Wildman–Crippen MR) is 146 cm³/mol. The van der Waals surface area contributed by atoms with Gasteiger partial charge in [0.1, 0.15) is 6.10 Å². The van der Waals surface area contributed by atoms with E-state index in [1.807, 2.05) is 37.3 Å². The maximum Gasteiger partial charge on any atom is 0.298 e. The molecule has 1 spiro atoms. The molecule has 6 atom stereocenters. The Morgan fingerprint density at radius 1 is 1.29 bits per heavy atom. The Labute approximate surface area is 224 Å². The van der Waals surface area contributed by atoms with Gasteiger partial charge in [-0.2, -0.15) is 0 Å². The third-order valence-electron chi connectivity index (χ3n) is 9.85. The summed E-state index contributed by atoms with van der Waals surface area (Å²) in [4.78, 5) is 17.5. The van der Waals surface area contributed by atoms with Crippen molar-refractivity contribution in [1.29, 1.82) is 0 Å². The van der Waals surface area contributed by atoms with Gasteiger partial charge in [-0.15, -0.1) is 6.58 Å². The number of phenolic OH excluding ortho intramolecular Hbond substituents is 1. The van der Waals surface area contributed by atoms with Crippen LogP contribution in [0.5, 0.6) is 11.5 Å². The highest BCUT2D eigenvalue weighted by molar-refractivity contribution is 5.94. The number of hydrogen-bond donors (Lipinski definition) is 2. The molecule has 2 aromatic carbocycles. The van der Waals surface area contributed by atoms with Crippen molar-refractivity contribution < 1.29 is 19.7 Å². The summed E-state index contributed by atoms with van der Waals surface area (Å²) in [6.45, 7) is 11.6. The number of likely N-dealkylation sites (tertiary alicyclic amines) is 1. The molecular weight excluding hydrogens is 476 g/mol. The number of aliphatic hydroxyl groups is 1. The summed E-state index contributed by atoms with van der Waals surface area (Å²) in [5.74, 6) is 6.14. The second-order valence-electron chi connectivity index (χ2n) is 11.8. The quantitative estimate of drug-likeness (QED) is 0.487. The van der Waals surface area contributed by atoms with E-state index in [4.69, 9.17) is 4.74 Å². The molecule has 0 radical (unpaired) electrons. The van der Waals surface area contributed by atoms with E-state index in [0.29, 0.717) is 31.6 Å². The molecule has 2 heterocycles. The Hall–Kier alpha value is -3.27. The van der Waals surface area contributed by atoms with Crippen LogP contribution in [0, 0.1) is 31.6 Å². The van der Waals surface area contributed by atoms with E-state index in [-0.39, 0.29) is 29.7 Å². The molecule has 2 N–H and O–H groups in total. The fourth-order valence-electron chi connectivity index (χ4n) is 8.02. The highest BCUT2D eigenvalue weighted by Crippen LogP contribution is 2.66. The Bertz CT molecular complexity index is 1410. The Balaban J connectivity index is 1.41. The van der Waals surface area contributed by atoms with Crippen molar-refractivity contribution in [3.05, 3.63) is 70.8 Å². The average Bonchev–Trinajstić information content (AvgIpc) is 3.22. The number of likely N-dealkylation sites (N-methyl/N-ethyl adjacent to an activating group) is 1. The highest BCUT2D eigenvalue weighted by atomic mass is 16.5. The molecule has 6 nitrogen and oxygen atoms in total. The smallest absolute Gasteiger partial charge is 0.298 e. The number of carbonyl (C=O) groups excluding carboxylic acids is 1. The zero-order chi connectivity index (χ0) is 27.0. The van der Waals surface area contributed by atoms with E-state index >= 15 is 0 Å². The fraction of sp³-hybridized carbons (Fsp3) is 0.469. The summed E-state index contributed by atoms with van der Waals surface area (Å²) in [6.07, 6.45) is 3.33. The number of hydrogen-bond acceptors (Lipinski definition) is 5. The van der Waals surface area contributed by atoms with Crippen LogP contribution in [-0.4, -0.2) is 69.8 Å². The standard InChI is InChI=1S/C32H36N2O4/c1-6-14-34-15-13-31-27-23-10-11-24(35)29(27)38-30(31)28(21(4)18-32(31,37)25(34)17-23)33(5)26(36)12-9-22-8-7-19(2)20(3)16-22/h6-8,10-11,16,21,25,28,30,35,37H,1,13-15,17-18H2,2-5H3/t21-,25-,28-,30+,31+,32-/m1/s1. The van der Waals surface area contributed by atoms with E-state index in [2.05, 4.69) is 37.2 Å². The number of phenols is 1. The number of piperidine rings is 1. The van der Waals surface area contributed by atoms with Crippen LogP contribution in [0.1, 0.15) is 47.6 Å². The van der Waals surface area contributed by atoms with E-state index in [1.54, 1.807) is 18.0 Å². The lowest BCUT2D eigenvalue weighted by Gasteiger charge is -2.65. The normalized spacial score (nSPS) is 32.4. The van der Waals surface area contributed by atoms with Crippen LogP contribution >= 0.6 is 0 Å². The summed E-state index contributed by atoms with van der Waals surface area (Å²) >= 11 is 0. The minimum absolute atomic E-state index is 0.0420. The predicted octanol–water partition coefficient (Wildman–Crippen LogP) is 3.47. The van der Waals surface area contributed by atoms with Gasteiger partial charge in [0.05, 0.1) is 17.1 Å². The van der Waals surface area contributed by atoms with Gasteiger partial charge in [0.15, 0.2) is 11.5 Å². The van der Waals surface area contributed by atoms with Crippen LogP contribution in [0.3, 0.4) is 0 Å². The molecule has 1 saturated heterocycles. The van der Waals surface area contributed by atoms with Gasteiger partial charge in [-0.3, -0.25) is 9.69 Å². The number of benzene rings is 2. The third-order valence-corrected chi connectivity index (χ3v) is 9.85. The fourth-order valence-corrected chi connectivity index (χ4v) is 8.02. The van der Waals surface area contributed by atoms with Gasteiger partial charge in [-0.05, 0) is 80.5 Å². The SMILES string of the molecule is C=CCN1CC[C@]23c4c5ccc(O)c4O[C@H]2[C@H](N(C)C(=O)C#Cc2ccc(C)c(C)c2)[C@H](C)C[C@@]3(O)[C@H]1C5. The average molecular weight is 513 g/mol. The molecule has 6 heteroatoms. The Morgan fingerprint density at radius 3 is 2.82 bits per heavy atom. The van der Waals surface area contributed by atoms with Crippen molar-refractivity contribution in [2.45, 2.75) is 69.2 Å². The second kappa shape index (κ2) is 8.62. The third kappa shape index (κ3) is 3.25. The van der Waals surface area contributed by atoms with E-state index in [9.17, 15) is 15.0 Å². The van der Waals surface area contributed by atoms with Crippen molar-refractivity contribution >= 4 is 5.91 Å². The maximum absolute atomic E-state index is 13.5. The number of rotatable bonds is 3. The minimum Gasteiger partial charge on any atom is -0.504 e. The second-order valence-corrected chi connectivity index (χ2v) is 11.8. The van der Waals surface area contributed by atoms with Gasteiger partial charge in [0, 0.05) is 36.7 Å². The number of aryl methyl sites for hydroxylation is 2. The first-order valence-corrected chi connectivity index (χ1v) is 13.6. The van der Waals surface area contributed by atoms with E-state index in [1.165, 1.54) is 5.56 Å². The van der Waals surface area contributed by atoms with Gasteiger partial charge in [0.2, 0.25) is 0 Å². The molecule has 2 aliphatic heterocycles. The molecule has 4 aliphatic rings. The van der Waals surface area contributed by atoms with Gasteiger partial charge >= 0.3 is 0 Å².